The highest BCUT2D eigenvalue weighted by atomic mass is 32.1. The van der Waals surface area contributed by atoms with Crippen LogP contribution in [0.2, 0.25) is 0 Å². The van der Waals surface area contributed by atoms with E-state index in [1.807, 2.05) is 13.8 Å². The van der Waals surface area contributed by atoms with Gasteiger partial charge in [-0.15, -0.1) is 11.3 Å². The van der Waals surface area contributed by atoms with Crippen LogP contribution in [0.5, 0.6) is 0 Å². The van der Waals surface area contributed by atoms with E-state index < -0.39 is 5.91 Å². The van der Waals surface area contributed by atoms with Crippen molar-refractivity contribution in [2.24, 2.45) is 5.73 Å². The first-order valence-corrected chi connectivity index (χ1v) is 5.48. The van der Waals surface area contributed by atoms with Gasteiger partial charge in [-0.3, -0.25) is 9.59 Å². The van der Waals surface area contributed by atoms with Crippen LogP contribution >= 0.6 is 11.3 Å². The number of anilines is 1. The predicted octanol–water partition coefficient (Wildman–Crippen LogP) is 1.81. The van der Waals surface area contributed by atoms with E-state index in [4.69, 9.17) is 5.73 Å². The van der Waals surface area contributed by atoms with Crippen molar-refractivity contribution in [2.45, 2.75) is 27.2 Å². The molecule has 0 radical (unpaired) electrons. The maximum absolute atomic E-state index is 11.2. The Hall–Kier alpha value is -1.36. The second kappa shape index (κ2) is 4.44. The molecular weight excluding hydrogens is 212 g/mol. The van der Waals surface area contributed by atoms with Crippen LogP contribution < -0.4 is 11.1 Å². The number of carbonyl (C=O) groups is 2. The summed E-state index contributed by atoms with van der Waals surface area (Å²) >= 11 is 1.38. The fourth-order valence-corrected chi connectivity index (χ4v) is 2.31. The average molecular weight is 226 g/mol. The molecule has 4 nitrogen and oxygen atoms in total. The van der Waals surface area contributed by atoms with Crippen LogP contribution in [0.4, 0.5) is 5.00 Å². The zero-order valence-corrected chi connectivity index (χ0v) is 9.83. The highest BCUT2D eigenvalue weighted by Crippen LogP contribution is 2.31. The fraction of sp³-hybridized carbons (Fsp3) is 0.400. The number of hydrogen-bond donors (Lipinski definition) is 2. The lowest BCUT2D eigenvalue weighted by Gasteiger charge is -2.02. The second-order valence-electron chi connectivity index (χ2n) is 3.25. The van der Waals surface area contributed by atoms with E-state index in [-0.39, 0.29) is 5.91 Å². The molecule has 1 rings (SSSR count). The Balaban J connectivity index is 3.12. The van der Waals surface area contributed by atoms with Gasteiger partial charge in [0.2, 0.25) is 5.91 Å². The smallest absolute Gasteiger partial charge is 0.251 e. The van der Waals surface area contributed by atoms with Crippen LogP contribution in [0.15, 0.2) is 0 Å². The molecule has 0 saturated carbocycles. The van der Waals surface area contributed by atoms with Crippen molar-refractivity contribution in [1.29, 1.82) is 0 Å². The molecule has 1 heterocycles. The molecule has 3 N–H and O–H groups in total. The van der Waals surface area contributed by atoms with E-state index in [2.05, 4.69) is 5.32 Å². The molecule has 0 fully saturated rings. The summed E-state index contributed by atoms with van der Waals surface area (Å²) in [5, 5.41) is 3.24. The molecule has 0 spiro atoms. The van der Waals surface area contributed by atoms with Crippen molar-refractivity contribution in [3.05, 3.63) is 16.0 Å². The average Bonchev–Trinajstić information content (AvgIpc) is 2.42. The van der Waals surface area contributed by atoms with Gasteiger partial charge < -0.3 is 11.1 Å². The minimum Gasteiger partial charge on any atom is -0.365 e. The molecule has 2 amide bonds. The van der Waals surface area contributed by atoms with Gasteiger partial charge in [0.25, 0.3) is 5.91 Å². The fourth-order valence-electron chi connectivity index (χ4n) is 1.23. The molecule has 0 aliphatic heterocycles. The molecule has 0 unspecified atom stereocenters. The summed E-state index contributed by atoms with van der Waals surface area (Å²) in [5.74, 6) is -0.609. The van der Waals surface area contributed by atoms with Crippen molar-refractivity contribution >= 4 is 28.2 Å². The lowest BCUT2D eigenvalue weighted by atomic mass is 10.1. The molecule has 0 aliphatic rings. The topological polar surface area (TPSA) is 72.2 Å². The predicted molar refractivity (Wildman–Crippen MR) is 61.2 cm³/mol. The highest BCUT2D eigenvalue weighted by molar-refractivity contribution is 7.16. The van der Waals surface area contributed by atoms with E-state index in [1.54, 1.807) is 6.92 Å². The molecule has 0 saturated heterocycles. The Kier molecular flexibility index (Phi) is 3.47. The molecule has 15 heavy (non-hydrogen) atoms. The van der Waals surface area contributed by atoms with Gasteiger partial charge in [-0.05, 0) is 19.4 Å². The maximum atomic E-state index is 11.2. The van der Waals surface area contributed by atoms with Crippen LogP contribution in [0, 0.1) is 13.8 Å². The highest BCUT2D eigenvalue weighted by Gasteiger charge is 2.18. The quantitative estimate of drug-likeness (QED) is 0.825. The van der Waals surface area contributed by atoms with Gasteiger partial charge in [0.1, 0.15) is 5.00 Å². The largest absolute Gasteiger partial charge is 0.365 e. The summed E-state index contributed by atoms with van der Waals surface area (Å²) in [7, 11) is 0. The normalized spacial score (nSPS) is 10.1. The van der Waals surface area contributed by atoms with Crippen molar-refractivity contribution in [3.8, 4) is 0 Å². The van der Waals surface area contributed by atoms with Crippen LogP contribution in [0.1, 0.15) is 34.1 Å². The van der Waals surface area contributed by atoms with Crippen molar-refractivity contribution in [1.82, 2.24) is 0 Å². The molecule has 1 aromatic rings. The number of rotatable bonds is 3. The molecule has 0 aliphatic carbocycles. The first-order chi connectivity index (χ1) is 6.97. The Bertz CT molecular complexity index is 410. The Morgan fingerprint density at radius 1 is 1.40 bits per heavy atom. The second-order valence-corrected chi connectivity index (χ2v) is 4.48. The number of thiophene rings is 1. The molecule has 0 atom stereocenters. The van der Waals surface area contributed by atoms with Gasteiger partial charge in [0, 0.05) is 11.3 Å². The van der Waals surface area contributed by atoms with Crippen molar-refractivity contribution in [2.75, 3.05) is 5.32 Å². The molecule has 0 aromatic carbocycles. The zero-order chi connectivity index (χ0) is 11.6. The summed E-state index contributed by atoms with van der Waals surface area (Å²) in [6.07, 6.45) is 0.383. The summed E-state index contributed by atoms with van der Waals surface area (Å²) < 4.78 is 0. The SMILES string of the molecule is CCC(=O)Nc1sc(C)c(C)c1C(N)=O. The number of aryl methyl sites for hydroxylation is 1. The molecule has 1 aromatic heterocycles. The van der Waals surface area contributed by atoms with Gasteiger partial charge in [0.05, 0.1) is 5.56 Å². The van der Waals surface area contributed by atoms with Crippen LogP contribution in [0.3, 0.4) is 0 Å². The monoisotopic (exact) mass is 226 g/mol. The lowest BCUT2D eigenvalue weighted by molar-refractivity contribution is -0.115. The summed E-state index contributed by atoms with van der Waals surface area (Å²) in [5.41, 5.74) is 6.54. The minimum atomic E-state index is -0.497. The first-order valence-electron chi connectivity index (χ1n) is 4.67. The van der Waals surface area contributed by atoms with Crippen molar-refractivity contribution < 1.29 is 9.59 Å². The van der Waals surface area contributed by atoms with E-state index in [0.29, 0.717) is 17.0 Å². The number of amides is 2. The van der Waals surface area contributed by atoms with Gasteiger partial charge in [-0.2, -0.15) is 0 Å². The molecule has 5 heteroatoms. The van der Waals surface area contributed by atoms with Crippen LogP contribution in [-0.4, -0.2) is 11.8 Å². The summed E-state index contributed by atoms with van der Waals surface area (Å²) in [6, 6.07) is 0. The number of primary amides is 1. The Morgan fingerprint density at radius 2 is 2.00 bits per heavy atom. The van der Waals surface area contributed by atoms with Gasteiger partial charge in [0.15, 0.2) is 0 Å². The number of carbonyl (C=O) groups excluding carboxylic acids is 2. The van der Waals surface area contributed by atoms with E-state index in [9.17, 15) is 9.59 Å². The van der Waals surface area contributed by atoms with Crippen LogP contribution in [0.25, 0.3) is 0 Å². The van der Waals surface area contributed by atoms with Crippen molar-refractivity contribution in [3.63, 3.8) is 0 Å². The van der Waals surface area contributed by atoms with Gasteiger partial charge in [-0.25, -0.2) is 0 Å². The van der Waals surface area contributed by atoms with E-state index in [0.717, 1.165) is 10.4 Å². The van der Waals surface area contributed by atoms with Crippen LogP contribution in [-0.2, 0) is 4.79 Å². The molecule has 82 valence electrons. The number of nitrogens with one attached hydrogen (secondary N) is 1. The van der Waals surface area contributed by atoms with Gasteiger partial charge in [-0.1, -0.05) is 6.92 Å². The standard InChI is InChI=1S/C10H14N2O2S/c1-4-7(13)12-10-8(9(11)14)5(2)6(3)15-10/h4H2,1-3H3,(H2,11,14)(H,12,13). The van der Waals surface area contributed by atoms with E-state index in [1.165, 1.54) is 11.3 Å². The summed E-state index contributed by atoms with van der Waals surface area (Å²) in [6.45, 7) is 5.48. The van der Waals surface area contributed by atoms with E-state index >= 15 is 0 Å². The third-order valence-electron chi connectivity index (χ3n) is 2.21. The Morgan fingerprint density at radius 3 is 2.47 bits per heavy atom. The molecular formula is C10H14N2O2S. The maximum Gasteiger partial charge on any atom is 0.251 e. The third kappa shape index (κ3) is 2.36. The summed E-state index contributed by atoms with van der Waals surface area (Å²) in [4.78, 5) is 23.4. The zero-order valence-electron chi connectivity index (χ0n) is 9.01. The third-order valence-corrected chi connectivity index (χ3v) is 3.33. The van der Waals surface area contributed by atoms with Gasteiger partial charge >= 0.3 is 0 Å². The first kappa shape index (κ1) is 11.7. The number of hydrogen-bond acceptors (Lipinski definition) is 3. The molecule has 0 bridgehead atoms. The Labute approximate surface area is 92.5 Å². The minimum absolute atomic E-state index is 0.112. The lowest BCUT2D eigenvalue weighted by Crippen LogP contribution is -2.16. The number of nitrogens with two attached hydrogens (primary N) is 1.